The molecule has 4 rings (SSSR count). The number of nitrogens with two attached hydrogens (primary N) is 1. The van der Waals surface area contributed by atoms with E-state index in [-0.39, 0.29) is 12.5 Å². The lowest BCUT2D eigenvalue weighted by Gasteiger charge is -2.25. The van der Waals surface area contributed by atoms with Crippen LogP contribution < -0.4 is 5.73 Å². The summed E-state index contributed by atoms with van der Waals surface area (Å²) in [5.74, 6) is -0.350. The van der Waals surface area contributed by atoms with Crippen LogP contribution in [-0.4, -0.2) is 33.6 Å². The second-order valence-corrected chi connectivity index (χ2v) is 7.57. The van der Waals surface area contributed by atoms with Gasteiger partial charge in [0.1, 0.15) is 12.1 Å². The zero-order valence-corrected chi connectivity index (χ0v) is 15.6. The highest BCUT2D eigenvalue weighted by Crippen LogP contribution is 2.35. The summed E-state index contributed by atoms with van der Waals surface area (Å²) in [7, 11) is 0. The van der Waals surface area contributed by atoms with Gasteiger partial charge in [-0.3, -0.25) is 9.69 Å². The van der Waals surface area contributed by atoms with E-state index in [0.717, 1.165) is 47.1 Å². The topological polar surface area (TPSA) is 71.5 Å². The monoisotopic (exact) mass is 363 g/mol. The standard InChI is InChI=1S/C22H25N3O2/c1-16-6-2-4-8-19(16)22(27)10-11-24(15-22)12-17-13-25(14-21(23)26)20-9-5-3-7-18(17)20/h2-9,13,27H,10-12,14-15H2,1H3,(H2,23,26). The fourth-order valence-corrected chi connectivity index (χ4v) is 4.31. The first kappa shape index (κ1) is 17.8. The molecule has 5 heteroatoms. The molecule has 1 aliphatic heterocycles. The van der Waals surface area contributed by atoms with Crippen molar-refractivity contribution in [3.05, 3.63) is 71.4 Å². The summed E-state index contributed by atoms with van der Waals surface area (Å²) in [6.45, 7) is 4.40. The summed E-state index contributed by atoms with van der Waals surface area (Å²) in [6, 6.07) is 16.1. The quantitative estimate of drug-likeness (QED) is 0.732. The van der Waals surface area contributed by atoms with Gasteiger partial charge in [0.2, 0.25) is 5.91 Å². The SMILES string of the molecule is Cc1ccccc1C1(O)CCN(Cc2cn(CC(N)=O)c3ccccc23)C1. The Bertz CT molecular complexity index is 994. The summed E-state index contributed by atoms with van der Waals surface area (Å²) < 4.78 is 1.91. The van der Waals surface area contributed by atoms with Gasteiger partial charge in [-0.15, -0.1) is 0 Å². The molecule has 140 valence electrons. The third kappa shape index (κ3) is 3.36. The Balaban J connectivity index is 1.59. The van der Waals surface area contributed by atoms with Crippen LogP contribution in [0.3, 0.4) is 0 Å². The minimum Gasteiger partial charge on any atom is -0.384 e. The van der Waals surface area contributed by atoms with Crippen molar-refractivity contribution in [2.75, 3.05) is 13.1 Å². The van der Waals surface area contributed by atoms with Crippen LogP contribution in [-0.2, 0) is 23.5 Å². The summed E-state index contributed by atoms with van der Waals surface area (Å²) in [5.41, 5.74) is 8.90. The Labute approximate surface area is 159 Å². The Morgan fingerprint density at radius 2 is 1.93 bits per heavy atom. The van der Waals surface area contributed by atoms with Crippen LogP contribution in [0.4, 0.5) is 0 Å². The second kappa shape index (κ2) is 6.83. The molecule has 0 aliphatic carbocycles. The molecule has 1 aromatic heterocycles. The van der Waals surface area contributed by atoms with Gasteiger partial charge in [-0.2, -0.15) is 0 Å². The number of carbonyl (C=O) groups is 1. The van der Waals surface area contributed by atoms with Crippen molar-refractivity contribution in [3.63, 3.8) is 0 Å². The van der Waals surface area contributed by atoms with Gasteiger partial charge in [0.25, 0.3) is 0 Å². The first-order valence-electron chi connectivity index (χ1n) is 9.32. The fourth-order valence-electron chi connectivity index (χ4n) is 4.31. The fraction of sp³-hybridized carbons (Fsp3) is 0.318. The second-order valence-electron chi connectivity index (χ2n) is 7.57. The van der Waals surface area contributed by atoms with E-state index in [4.69, 9.17) is 5.73 Å². The van der Waals surface area contributed by atoms with Gasteiger partial charge in [-0.05, 0) is 36.1 Å². The number of rotatable bonds is 5. The summed E-state index contributed by atoms with van der Waals surface area (Å²) in [5, 5.41) is 12.4. The number of nitrogens with zero attached hydrogens (tertiary/aromatic N) is 2. The lowest BCUT2D eigenvalue weighted by Crippen LogP contribution is -2.31. The third-order valence-corrected chi connectivity index (χ3v) is 5.56. The average Bonchev–Trinajstić information content (AvgIpc) is 3.17. The van der Waals surface area contributed by atoms with Crippen LogP contribution in [0.15, 0.2) is 54.7 Å². The van der Waals surface area contributed by atoms with Crippen LogP contribution in [0, 0.1) is 6.92 Å². The van der Waals surface area contributed by atoms with Gasteiger partial charge in [-0.1, -0.05) is 42.5 Å². The predicted octanol–water partition coefficient (Wildman–Crippen LogP) is 2.53. The summed E-state index contributed by atoms with van der Waals surface area (Å²) >= 11 is 0. The van der Waals surface area contributed by atoms with Crippen molar-refractivity contribution in [1.82, 2.24) is 9.47 Å². The molecule has 1 unspecified atom stereocenters. The van der Waals surface area contributed by atoms with Crippen molar-refractivity contribution in [3.8, 4) is 0 Å². The largest absolute Gasteiger partial charge is 0.384 e. The van der Waals surface area contributed by atoms with Crippen molar-refractivity contribution in [2.24, 2.45) is 5.73 Å². The number of fused-ring (bicyclic) bond motifs is 1. The van der Waals surface area contributed by atoms with E-state index in [2.05, 4.69) is 11.0 Å². The highest BCUT2D eigenvalue weighted by atomic mass is 16.3. The van der Waals surface area contributed by atoms with Crippen LogP contribution in [0.25, 0.3) is 10.9 Å². The Hall–Kier alpha value is -2.63. The number of aliphatic hydroxyl groups is 1. The Morgan fingerprint density at radius 1 is 1.19 bits per heavy atom. The summed E-state index contributed by atoms with van der Waals surface area (Å²) in [4.78, 5) is 13.7. The lowest BCUT2D eigenvalue weighted by molar-refractivity contribution is -0.118. The molecule has 2 heterocycles. The highest BCUT2D eigenvalue weighted by molar-refractivity contribution is 5.85. The maximum Gasteiger partial charge on any atom is 0.237 e. The molecule has 2 aromatic carbocycles. The van der Waals surface area contributed by atoms with E-state index in [1.165, 1.54) is 0 Å². The van der Waals surface area contributed by atoms with Crippen LogP contribution in [0.1, 0.15) is 23.1 Å². The number of β-amino-alcohol motifs (C(OH)–C–C–N with tert-alkyl or cyclic N) is 1. The minimum absolute atomic E-state index is 0.174. The lowest BCUT2D eigenvalue weighted by atomic mass is 9.89. The zero-order valence-electron chi connectivity index (χ0n) is 15.6. The maximum absolute atomic E-state index is 11.4. The van der Waals surface area contributed by atoms with Crippen molar-refractivity contribution in [1.29, 1.82) is 0 Å². The molecule has 1 amide bonds. The van der Waals surface area contributed by atoms with Gasteiger partial charge < -0.3 is 15.4 Å². The molecular formula is C22H25N3O2. The molecule has 0 radical (unpaired) electrons. The Morgan fingerprint density at radius 3 is 2.70 bits per heavy atom. The molecule has 5 nitrogen and oxygen atoms in total. The summed E-state index contributed by atoms with van der Waals surface area (Å²) in [6.07, 6.45) is 2.73. The number of primary amides is 1. The normalized spacial score (nSPS) is 20.4. The molecule has 1 fully saturated rings. The number of amides is 1. The first-order chi connectivity index (χ1) is 13.0. The van der Waals surface area contributed by atoms with Crippen molar-refractivity contribution in [2.45, 2.75) is 32.0 Å². The molecule has 0 saturated carbocycles. The molecule has 3 N–H and O–H groups in total. The van der Waals surface area contributed by atoms with Crippen LogP contribution in [0.5, 0.6) is 0 Å². The number of hydrogen-bond acceptors (Lipinski definition) is 3. The number of benzene rings is 2. The number of hydrogen-bond donors (Lipinski definition) is 2. The average molecular weight is 363 g/mol. The molecule has 0 bridgehead atoms. The van der Waals surface area contributed by atoms with Gasteiger partial charge in [0.15, 0.2) is 0 Å². The predicted molar refractivity (Wildman–Crippen MR) is 106 cm³/mol. The van der Waals surface area contributed by atoms with E-state index in [1.807, 2.05) is 60.2 Å². The molecule has 1 atom stereocenters. The van der Waals surface area contributed by atoms with Gasteiger partial charge in [-0.25, -0.2) is 0 Å². The smallest absolute Gasteiger partial charge is 0.237 e. The number of aromatic nitrogens is 1. The van der Waals surface area contributed by atoms with Crippen LogP contribution in [0.2, 0.25) is 0 Å². The van der Waals surface area contributed by atoms with Crippen molar-refractivity contribution >= 4 is 16.8 Å². The van der Waals surface area contributed by atoms with E-state index >= 15 is 0 Å². The number of likely N-dealkylation sites (tertiary alicyclic amines) is 1. The Kier molecular flexibility index (Phi) is 4.50. The molecule has 1 aliphatic rings. The van der Waals surface area contributed by atoms with E-state index in [1.54, 1.807) is 0 Å². The van der Waals surface area contributed by atoms with E-state index in [0.29, 0.717) is 6.54 Å². The highest BCUT2D eigenvalue weighted by Gasteiger charge is 2.38. The first-order valence-corrected chi connectivity index (χ1v) is 9.32. The van der Waals surface area contributed by atoms with Gasteiger partial charge in [0, 0.05) is 36.7 Å². The number of para-hydroxylation sites is 1. The van der Waals surface area contributed by atoms with Gasteiger partial charge in [0.05, 0.1) is 0 Å². The zero-order chi connectivity index (χ0) is 19.0. The number of carbonyl (C=O) groups excluding carboxylic acids is 1. The maximum atomic E-state index is 11.4. The minimum atomic E-state index is -0.809. The molecule has 3 aromatic rings. The molecule has 0 spiro atoms. The molecule has 1 saturated heterocycles. The van der Waals surface area contributed by atoms with E-state index < -0.39 is 5.60 Å². The van der Waals surface area contributed by atoms with Crippen molar-refractivity contribution < 1.29 is 9.90 Å². The van der Waals surface area contributed by atoms with E-state index in [9.17, 15) is 9.90 Å². The third-order valence-electron chi connectivity index (χ3n) is 5.56. The van der Waals surface area contributed by atoms with Gasteiger partial charge >= 0.3 is 0 Å². The number of aryl methyl sites for hydroxylation is 1. The molecule has 27 heavy (non-hydrogen) atoms. The molecular weight excluding hydrogens is 338 g/mol. The van der Waals surface area contributed by atoms with Crippen LogP contribution >= 0.6 is 0 Å².